The zero-order chi connectivity index (χ0) is 18.8. The first-order valence-corrected chi connectivity index (χ1v) is 10.7. The monoisotopic (exact) mass is 388 g/mol. The Morgan fingerprint density at radius 1 is 1.41 bits per heavy atom. The standard InChI is InChI=1S/C20H28N4O2S/c1-14(2)12-23-7-8-24-16(13-23)10-15(22-24)11-21-20(25)19-6-5-18(27-19)17-4-3-9-26-17/h5-6,10,14,17H,3-4,7-9,11-13H2,1-2H3,(H,21,25)/t17-/m0/s1. The lowest BCUT2D eigenvalue weighted by atomic mass is 10.2. The van der Waals surface area contributed by atoms with E-state index in [9.17, 15) is 4.79 Å². The number of carbonyl (C=O) groups excluding carboxylic acids is 1. The number of hydrogen-bond donors (Lipinski definition) is 1. The van der Waals surface area contributed by atoms with Crippen LogP contribution in [0.15, 0.2) is 18.2 Å². The molecule has 2 aliphatic rings. The van der Waals surface area contributed by atoms with Crippen molar-refractivity contribution in [1.82, 2.24) is 20.0 Å². The predicted molar refractivity (Wildman–Crippen MR) is 106 cm³/mol. The molecule has 2 aliphatic heterocycles. The van der Waals surface area contributed by atoms with Crippen LogP contribution in [0.4, 0.5) is 0 Å². The third kappa shape index (κ3) is 4.42. The SMILES string of the molecule is CC(C)CN1CCn2nc(CNC(=O)c3ccc([C@@H]4CCCO4)s3)cc2C1. The van der Waals surface area contributed by atoms with Crippen LogP contribution in [0.5, 0.6) is 0 Å². The molecule has 6 nitrogen and oxygen atoms in total. The van der Waals surface area contributed by atoms with Gasteiger partial charge in [-0.25, -0.2) is 0 Å². The van der Waals surface area contributed by atoms with Gasteiger partial charge in [0.25, 0.3) is 5.91 Å². The highest BCUT2D eigenvalue weighted by molar-refractivity contribution is 7.14. The molecule has 0 unspecified atom stereocenters. The quantitative estimate of drug-likeness (QED) is 0.826. The third-order valence-corrected chi connectivity index (χ3v) is 6.25. The van der Waals surface area contributed by atoms with Crippen LogP contribution in [0, 0.1) is 5.92 Å². The first-order valence-electron chi connectivity index (χ1n) is 9.86. The number of fused-ring (bicyclic) bond motifs is 1. The molecule has 2 aromatic heterocycles. The fraction of sp³-hybridized carbons (Fsp3) is 0.600. The summed E-state index contributed by atoms with van der Waals surface area (Å²) in [5, 5.41) is 7.67. The molecule has 4 heterocycles. The highest BCUT2D eigenvalue weighted by Gasteiger charge is 2.22. The summed E-state index contributed by atoms with van der Waals surface area (Å²) in [6, 6.07) is 6.05. The Morgan fingerprint density at radius 2 is 2.30 bits per heavy atom. The van der Waals surface area contributed by atoms with Gasteiger partial charge in [0.15, 0.2) is 0 Å². The number of aromatic nitrogens is 2. The Balaban J connectivity index is 1.33. The molecule has 1 amide bonds. The summed E-state index contributed by atoms with van der Waals surface area (Å²) in [6.07, 6.45) is 2.32. The predicted octanol–water partition coefficient (Wildman–Crippen LogP) is 3.20. The van der Waals surface area contributed by atoms with Crippen LogP contribution in [0.1, 0.15) is 58.7 Å². The van der Waals surface area contributed by atoms with Crippen molar-refractivity contribution < 1.29 is 9.53 Å². The van der Waals surface area contributed by atoms with E-state index in [1.54, 1.807) is 0 Å². The minimum Gasteiger partial charge on any atom is -0.373 e. The molecule has 0 aliphatic carbocycles. The van der Waals surface area contributed by atoms with Gasteiger partial charge in [0.2, 0.25) is 0 Å². The van der Waals surface area contributed by atoms with Gasteiger partial charge in [-0.05, 0) is 37.0 Å². The summed E-state index contributed by atoms with van der Waals surface area (Å²) >= 11 is 1.54. The Hall–Kier alpha value is -1.70. The molecule has 27 heavy (non-hydrogen) atoms. The van der Waals surface area contributed by atoms with Crippen LogP contribution in [-0.2, 0) is 24.4 Å². The largest absolute Gasteiger partial charge is 0.373 e. The van der Waals surface area contributed by atoms with E-state index in [1.165, 1.54) is 17.0 Å². The van der Waals surface area contributed by atoms with Crippen molar-refractivity contribution in [3.63, 3.8) is 0 Å². The molecule has 1 atom stereocenters. The van der Waals surface area contributed by atoms with Crippen molar-refractivity contribution in [2.45, 2.75) is 52.4 Å². The van der Waals surface area contributed by atoms with Crippen molar-refractivity contribution in [1.29, 1.82) is 0 Å². The lowest BCUT2D eigenvalue weighted by molar-refractivity contribution is 0.0954. The van der Waals surface area contributed by atoms with Crippen molar-refractivity contribution in [2.75, 3.05) is 19.7 Å². The number of nitrogens with zero attached hydrogens (tertiary/aromatic N) is 3. The molecule has 1 fully saturated rings. The number of rotatable bonds is 6. The maximum Gasteiger partial charge on any atom is 0.261 e. The van der Waals surface area contributed by atoms with E-state index in [0.717, 1.165) is 61.1 Å². The molecule has 4 rings (SSSR count). The highest BCUT2D eigenvalue weighted by atomic mass is 32.1. The summed E-state index contributed by atoms with van der Waals surface area (Å²) in [5.74, 6) is 0.639. The maximum absolute atomic E-state index is 12.5. The van der Waals surface area contributed by atoms with Crippen LogP contribution in [-0.4, -0.2) is 40.3 Å². The van der Waals surface area contributed by atoms with Gasteiger partial charge < -0.3 is 10.1 Å². The summed E-state index contributed by atoms with van der Waals surface area (Å²) in [6.45, 7) is 9.81. The van der Waals surface area contributed by atoms with Crippen molar-refractivity contribution in [2.24, 2.45) is 5.92 Å². The second-order valence-electron chi connectivity index (χ2n) is 7.87. The molecular weight excluding hydrogens is 360 g/mol. The molecule has 1 saturated heterocycles. The minimum absolute atomic E-state index is 0.0309. The average Bonchev–Trinajstić information content (AvgIpc) is 3.37. The van der Waals surface area contributed by atoms with E-state index < -0.39 is 0 Å². The van der Waals surface area contributed by atoms with E-state index >= 15 is 0 Å². The number of amides is 1. The van der Waals surface area contributed by atoms with Gasteiger partial charge in [-0.2, -0.15) is 5.10 Å². The molecule has 0 bridgehead atoms. The Morgan fingerprint density at radius 3 is 3.07 bits per heavy atom. The second kappa shape index (κ2) is 8.12. The van der Waals surface area contributed by atoms with Crippen molar-refractivity contribution >= 4 is 17.2 Å². The minimum atomic E-state index is -0.0309. The summed E-state index contributed by atoms with van der Waals surface area (Å²) in [4.78, 5) is 16.8. The molecule has 0 aromatic carbocycles. The van der Waals surface area contributed by atoms with E-state index in [4.69, 9.17) is 4.74 Å². The Labute approximate surface area is 164 Å². The number of ether oxygens (including phenoxy) is 1. The van der Waals surface area contributed by atoms with Crippen LogP contribution < -0.4 is 5.32 Å². The molecule has 0 saturated carbocycles. The topological polar surface area (TPSA) is 59.4 Å². The third-order valence-electron chi connectivity index (χ3n) is 5.08. The molecule has 0 radical (unpaired) electrons. The number of carbonyl (C=O) groups is 1. The second-order valence-corrected chi connectivity index (χ2v) is 8.98. The maximum atomic E-state index is 12.5. The van der Waals surface area contributed by atoms with Crippen LogP contribution in [0.25, 0.3) is 0 Å². The van der Waals surface area contributed by atoms with Crippen LogP contribution >= 0.6 is 11.3 Å². The van der Waals surface area contributed by atoms with Crippen molar-refractivity contribution in [3.05, 3.63) is 39.3 Å². The molecule has 146 valence electrons. The zero-order valence-corrected chi connectivity index (χ0v) is 16.9. The van der Waals surface area contributed by atoms with Gasteiger partial charge in [0.1, 0.15) is 0 Å². The van der Waals surface area contributed by atoms with Gasteiger partial charge in [0, 0.05) is 31.1 Å². The van der Waals surface area contributed by atoms with E-state index in [1.807, 2.05) is 12.1 Å². The fourth-order valence-electron chi connectivity index (χ4n) is 3.85. The lowest BCUT2D eigenvalue weighted by Crippen LogP contribution is -2.36. The van der Waals surface area contributed by atoms with E-state index in [2.05, 4.69) is 39.9 Å². The Bertz CT molecular complexity index is 792. The fourth-order valence-corrected chi connectivity index (χ4v) is 4.85. The van der Waals surface area contributed by atoms with Gasteiger partial charge in [-0.1, -0.05) is 13.8 Å². The summed E-state index contributed by atoms with van der Waals surface area (Å²) in [7, 11) is 0. The zero-order valence-electron chi connectivity index (χ0n) is 16.1. The number of nitrogens with one attached hydrogen (secondary N) is 1. The number of hydrogen-bond acceptors (Lipinski definition) is 5. The summed E-state index contributed by atoms with van der Waals surface area (Å²) in [5.41, 5.74) is 2.17. The van der Waals surface area contributed by atoms with Crippen LogP contribution in [0.2, 0.25) is 0 Å². The first-order chi connectivity index (χ1) is 13.1. The Kier molecular flexibility index (Phi) is 5.61. The molecule has 0 spiro atoms. The van der Waals surface area contributed by atoms with Gasteiger partial charge >= 0.3 is 0 Å². The van der Waals surface area contributed by atoms with Gasteiger partial charge in [0.05, 0.1) is 35.5 Å². The van der Waals surface area contributed by atoms with Crippen molar-refractivity contribution in [3.8, 4) is 0 Å². The van der Waals surface area contributed by atoms with Crippen LogP contribution in [0.3, 0.4) is 0 Å². The number of thiophene rings is 1. The molecular formula is C20H28N4O2S. The van der Waals surface area contributed by atoms with E-state index in [0.29, 0.717) is 12.5 Å². The summed E-state index contributed by atoms with van der Waals surface area (Å²) < 4.78 is 7.78. The van der Waals surface area contributed by atoms with Gasteiger partial charge in [-0.3, -0.25) is 14.4 Å². The highest BCUT2D eigenvalue weighted by Crippen LogP contribution is 2.33. The van der Waals surface area contributed by atoms with Gasteiger partial charge in [-0.15, -0.1) is 11.3 Å². The van der Waals surface area contributed by atoms with E-state index in [-0.39, 0.29) is 12.0 Å². The smallest absolute Gasteiger partial charge is 0.261 e. The molecule has 7 heteroatoms. The normalized spacial score (nSPS) is 20.2. The lowest BCUT2D eigenvalue weighted by Gasteiger charge is -2.28. The molecule has 2 aromatic rings. The first kappa shape index (κ1) is 18.7. The molecule has 1 N–H and O–H groups in total. The average molecular weight is 389 g/mol.